The van der Waals surface area contributed by atoms with Crippen LogP contribution in [0.25, 0.3) is 0 Å². The van der Waals surface area contributed by atoms with Crippen LogP contribution in [0.15, 0.2) is 54.6 Å². The maximum atomic E-state index is 12.2. The first-order valence-corrected chi connectivity index (χ1v) is 6.51. The molecule has 3 nitrogen and oxygen atoms in total. The molecule has 0 bridgehead atoms. The van der Waals surface area contributed by atoms with Gasteiger partial charge in [-0.25, -0.2) is 4.79 Å². The molecule has 0 unspecified atom stereocenters. The number of hydrogen-bond donors (Lipinski definition) is 0. The standard InChI is InChI=1S/C17H18O3/c1-17(2,3)20-15-12-8-7-11-14(15)16(18)19-13-9-5-4-6-10-13/h4-12H,1-3H3. The Labute approximate surface area is 119 Å². The summed E-state index contributed by atoms with van der Waals surface area (Å²) >= 11 is 0. The van der Waals surface area contributed by atoms with Gasteiger partial charge in [-0.05, 0) is 45.0 Å². The fourth-order valence-corrected chi connectivity index (χ4v) is 1.70. The van der Waals surface area contributed by atoms with Crippen LogP contribution in [0.3, 0.4) is 0 Å². The molecule has 0 fully saturated rings. The van der Waals surface area contributed by atoms with Gasteiger partial charge in [-0.15, -0.1) is 0 Å². The van der Waals surface area contributed by atoms with Crippen molar-refractivity contribution in [3.8, 4) is 11.5 Å². The Hall–Kier alpha value is -2.29. The summed E-state index contributed by atoms with van der Waals surface area (Å²) in [6, 6.07) is 16.1. The fourth-order valence-electron chi connectivity index (χ4n) is 1.70. The number of benzene rings is 2. The molecule has 0 heterocycles. The van der Waals surface area contributed by atoms with Gasteiger partial charge in [0.15, 0.2) is 0 Å². The van der Waals surface area contributed by atoms with Gasteiger partial charge < -0.3 is 9.47 Å². The van der Waals surface area contributed by atoms with Gasteiger partial charge in [0.2, 0.25) is 0 Å². The average molecular weight is 270 g/mol. The monoisotopic (exact) mass is 270 g/mol. The molecule has 0 radical (unpaired) electrons. The van der Waals surface area contributed by atoms with Gasteiger partial charge in [-0.1, -0.05) is 30.3 Å². The van der Waals surface area contributed by atoms with E-state index >= 15 is 0 Å². The highest BCUT2D eigenvalue weighted by Crippen LogP contribution is 2.24. The molecule has 0 atom stereocenters. The molecule has 0 aliphatic rings. The van der Waals surface area contributed by atoms with Gasteiger partial charge >= 0.3 is 5.97 Å². The molecule has 3 heteroatoms. The molecule has 2 rings (SSSR count). The number of esters is 1. The van der Waals surface area contributed by atoms with Crippen LogP contribution < -0.4 is 9.47 Å². The minimum Gasteiger partial charge on any atom is -0.487 e. The Morgan fingerprint density at radius 2 is 1.50 bits per heavy atom. The second-order valence-electron chi connectivity index (χ2n) is 5.41. The van der Waals surface area contributed by atoms with E-state index in [4.69, 9.17) is 9.47 Å². The van der Waals surface area contributed by atoms with E-state index in [-0.39, 0.29) is 5.60 Å². The van der Waals surface area contributed by atoms with E-state index in [2.05, 4.69) is 0 Å². The predicted octanol–water partition coefficient (Wildman–Crippen LogP) is 4.08. The van der Waals surface area contributed by atoms with Crippen molar-refractivity contribution >= 4 is 5.97 Å². The van der Waals surface area contributed by atoms with Crippen molar-refractivity contribution < 1.29 is 14.3 Å². The van der Waals surface area contributed by atoms with E-state index < -0.39 is 5.97 Å². The summed E-state index contributed by atoms with van der Waals surface area (Å²) in [7, 11) is 0. The van der Waals surface area contributed by atoms with E-state index in [1.807, 2.05) is 45.0 Å². The van der Waals surface area contributed by atoms with E-state index in [1.165, 1.54) is 0 Å². The molecule has 0 N–H and O–H groups in total. The summed E-state index contributed by atoms with van der Waals surface area (Å²) < 4.78 is 11.1. The van der Waals surface area contributed by atoms with E-state index in [0.717, 1.165) is 0 Å². The number of carbonyl (C=O) groups excluding carboxylic acids is 1. The molecular weight excluding hydrogens is 252 g/mol. The second kappa shape index (κ2) is 5.78. The minimum atomic E-state index is -0.420. The molecule has 0 spiro atoms. The number of carbonyl (C=O) groups is 1. The number of hydrogen-bond acceptors (Lipinski definition) is 3. The van der Waals surface area contributed by atoms with Crippen LogP contribution in [0.1, 0.15) is 31.1 Å². The lowest BCUT2D eigenvalue weighted by molar-refractivity contribution is 0.0718. The molecule has 0 amide bonds. The van der Waals surface area contributed by atoms with Crippen LogP contribution >= 0.6 is 0 Å². The second-order valence-corrected chi connectivity index (χ2v) is 5.41. The van der Waals surface area contributed by atoms with Crippen molar-refractivity contribution in [2.45, 2.75) is 26.4 Å². The Morgan fingerprint density at radius 3 is 2.15 bits per heavy atom. The van der Waals surface area contributed by atoms with Crippen LogP contribution in [0.2, 0.25) is 0 Å². The Bertz CT molecular complexity index is 583. The van der Waals surface area contributed by atoms with Crippen LogP contribution in [0.4, 0.5) is 0 Å². The van der Waals surface area contributed by atoms with E-state index in [9.17, 15) is 4.79 Å². The number of para-hydroxylation sites is 2. The highest BCUT2D eigenvalue weighted by molar-refractivity contribution is 5.94. The molecule has 0 aliphatic heterocycles. The highest BCUT2D eigenvalue weighted by Gasteiger charge is 2.19. The average Bonchev–Trinajstić information content (AvgIpc) is 2.38. The summed E-state index contributed by atoms with van der Waals surface area (Å²) in [6.45, 7) is 5.81. The lowest BCUT2D eigenvalue weighted by Gasteiger charge is -2.22. The third-order valence-electron chi connectivity index (χ3n) is 2.48. The lowest BCUT2D eigenvalue weighted by Crippen LogP contribution is -2.24. The smallest absolute Gasteiger partial charge is 0.347 e. The van der Waals surface area contributed by atoms with Crippen molar-refractivity contribution in [2.24, 2.45) is 0 Å². The summed E-state index contributed by atoms with van der Waals surface area (Å²) in [5, 5.41) is 0. The van der Waals surface area contributed by atoms with Gasteiger partial charge in [0.1, 0.15) is 22.7 Å². The first-order chi connectivity index (χ1) is 9.46. The van der Waals surface area contributed by atoms with Crippen LogP contribution in [-0.2, 0) is 0 Å². The normalized spacial score (nSPS) is 10.9. The van der Waals surface area contributed by atoms with E-state index in [1.54, 1.807) is 30.3 Å². The lowest BCUT2D eigenvalue weighted by atomic mass is 10.1. The molecule has 0 aromatic heterocycles. The molecule has 104 valence electrons. The molecule has 0 saturated carbocycles. The molecule has 2 aromatic rings. The maximum Gasteiger partial charge on any atom is 0.347 e. The Balaban J connectivity index is 2.22. The van der Waals surface area contributed by atoms with Gasteiger partial charge in [-0.3, -0.25) is 0 Å². The maximum absolute atomic E-state index is 12.2. The first kappa shape index (κ1) is 14.1. The summed E-state index contributed by atoms with van der Waals surface area (Å²) in [4.78, 5) is 12.2. The SMILES string of the molecule is CC(C)(C)Oc1ccccc1C(=O)Oc1ccccc1. The summed E-state index contributed by atoms with van der Waals surface area (Å²) in [5.74, 6) is 0.625. The van der Waals surface area contributed by atoms with Crippen molar-refractivity contribution in [2.75, 3.05) is 0 Å². The molecule has 0 aliphatic carbocycles. The zero-order valence-corrected chi connectivity index (χ0v) is 11.9. The quantitative estimate of drug-likeness (QED) is 0.622. The summed E-state index contributed by atoms with van der Waals surface area (Å²) in [5.41, 5.74) is 0.0506. The van der Waals surface area contributed by atoms with Gasteiger partial charge in [0, 0.05) is 0 Å². The molecule has 2 aromatic carbocycles. The Kier molecular flexibility index (Phi) is 4.08. The first-order valence-electron chi connectivity index (χ1n) is 6.51. The fraction of sp³-hybridized carbons (Fsp3) is 0.235. The molecule has 20 heavy (non-hydrogen) atoms. The molecular formula is C17H18O3. The third-order valence-corrected chi connectivity index (χ3v) is 2.48. The van der Waals surface area contributed by atoms with E-state index in [0.29, 0.717) is 17.1 Å². The highest BCUT2D eigenvalue weighted by atomic mass is 16.5. The van der Waals surface area contributed by atoms with Crippen molar-refractivity contribution in [1.82, 2.24) is 0 Å². The number of ether oxygens (including phenoxy) is 2. The Morgan fingerprint density at radius 1 is 0.900 bits per heavy atom. The van der Waals surface area contributed by atoms with Crippen LogP contribution in [0, 0.1) is 0 Å². The summed E-state index contributed by atoms with van der Waals surface area (Å²) in [6.07, 6.45) is 0. The predicted molar refractivity (Wildman–Crippen MR) is 78.2 cm³/mol. The van der Waals surface area contributed by atoms with Crippen molar-refractivity contribution in [3.05, 3.63) is 60.2 Å². The number of rotatable bonds is 3. The van der Waals surface area contributed by atoms with Crippen molar-refractivity contribution in [3.63, 3.8) is 0 Å². The third kappa shape index (κ3) is 3.85. The zero-order chi connectivity index (χ0) is 14.6. The van der Waals surface area contributed by atoms with Crippen LogP contribution in [-0.4, -0.2) is 11.6 Å². The van der Waals surface area contributed by atoms with Crippen LogP contribution in [0.5, 0.6) is 11.5 Å². The topological polar surface area (TPSA) is 35.5 Å². The minimum absolute atomic E-state index is 0.372. The van der Waals surface area contributed by atoms with Gasteiger partial charge in [0.05, 0.1) is 0 Å². The van der Waals surface area contributed by atoms with Crippen molar-refractivity contribution in [1.29, 1.82) is 0 Å². The van der Waals surface area contributed by atoms with Gasteiger partial charge in [-0.2, -0.15) is 0 Å². The van der Waals surface area contributed by atoms with Gasteiger partial charge in [0.25, 0.3) is 0 Å². The largest absolute Gasteiger partial charge is 0.487 e. The zero-order valence-electron chi connectivity index (χ0n) is 11.9. The molecule has 0 saturated heterocycles.